The molecule has 2 aliphatic heterocycles. The van der Waals surface area contributed by atoms with Crippen molar-refractivity contribution >= 4 is 28.6 Å². The number of aliphatic hydroxyl groups is 4. The number of hydrogen-bond donors (Lipinski definition) is 4. The fourth-order valence-corrected chi connectivity index (χ4v) is 4.94. The number of aliphatic hydroxyl groups excluding tert-OH is 4. The number of aromatic nitrogens is 2. The van der Waals surface area contributed by atoms with Crippen molar-refractivity contribution in [3.63, 3.8) is 0 Å². The predicted molar refractivity (Wildman–Crippen MR) is 112 cm³/mol. The quantitative estimate of drug-likeness (QED) is 0.529. The van der Waals surface area contributed by atoms with Crippen molar-refractivity contribution < 1.29 is 25.2 Å². The Labute approximate surface area is 183 Å². The lowest BCUT2D eigenvalue weighted by Crippen LogP contribution is -2.55. The zero-order valence-electron chi connectivity index (χ0n) is 16.3. The van der Waals surface area contributed by atoms with Crippen molar-refractivity contribution in [2.75, 3.05) is 20.2 Å². The van der Waals surface area contributed by atoms with Crippen LogP contribution in [0.3, 0.4) is 0 Å². The van der Waals surface area contributed by atoms with E-state index in [0.717, 1.165) is 34.2 Å². The molecular formula is C20H24ClN3O5S. The van der Waals surface area contributed by atoms with Crippen molar-refractivity contribution in [1.29, 1.82) is 0 Å². The highest BCUT2D eigenvalue weighted by molar-refractivity contribution is 7.12. The summed E-state index contributed by atoms with van der Waals surface area (Å²) in [6.07, 6.45) is -2.43. The highest BCUT2D eigenvalue weighted by Gasteiger charge is 2.44. The number of nitrogens with zero attached hydrogens (tertiary/aromatic N) is 3. The molecule has 4 rings (SSSR count). The molecule has 0 saturated carbocycles. The molecule has 0 unspecified atom stereocenters. The molecule has 8 nitrogen and oxygen atoms in total. The Morgan fingerprint density at radius 3 is 2.70 bits per heavy atom. The summed E-state index contributed by atoms with van der Waals surface area (Å²) in [4.78, 5) is 2.15. The molecule has 4 N–H and O–H groups in total. The molecule has 1 aromatic heterocycles. The first kappa shape index (κ1) is 21.6. The Bertz CT molecular complexity index is 937. The third-order valence-electron chi connectivity index (χ3n) is 5.53. The Morgan fingerprint density at radius 2 is 2.00 bits per heavy atom. The average molecular weight is 454 g/mol. The maximum atomic E-state index is 10.4. The zero-order valence-corrected chi connectivity index (χ0v) is 17.9. The van der Waals surface area contributed by atoms with E-state index in [2.05, 4.69) is 21.2 Å². The van der Waals surface area contributed by atoms with Gasteiger partial charge in [0.1, 0.15) is 35.5 Å². The first-order valence-corrected chi connectivity index (χ1v) is 10.9. The van der Waals surface area contributed by atoms with Gasteiger partial charge in [0.2, 0.25) is 0 Å². The van der Waals surface area contributed by atoms with Crippen LogP contribution in [0.4, 0.5) is 0 Å². The standard InChI is InChI=1S/C20H24ClN3O5S/c1-24-6-2-3-13(24)20-23-22-15(30-20)8-11-7-10(4-5-12(11)21)19-18(28)17(27)16(26)14(9-25)29-19/h3-5,7,14,16-19,25-28H,2,6,8-9H2,1H3/t14-,16-,17+,18-,19+/m1/s1. The van der Waals surface area contributed by atoms with Gasteiger partial charge >= 0.3 is 0 Å². The molecule has 1 aromatic carbocycles. The van der Waals surface area contributed by atoms with Crippen molar-refractivity contribution in [2.45, 2.75) is 43.4 Å². The van der Waals surface area contributed by atoms with Gasteiger partial charge in [-0.3, -0.25) is 0 Å². The van der Waals surface area contributed by atoms with Crippen LogP contribution in [-0.2, 0) is 11.2 Å². The Balaban J connectivity index is 1.56. The molecule has 10 heteroatoms. The van der Waals surface area contributed by atoms with Crippen molar-refractivity contribution in [1.82, 2.24) is 15.1 Å². The molecule has 1 saturated heterocycles. The molecule has 3 heterocycles. The largest absolute Gasteiger partial charge is 0.394 e. The fraction of sp³-hybridized carbons (Fsp3) is 0.500. The van der Waals surface area contributed by atoms with Crippen LogP contribution in [0.5, 0.6) is 0 Å². The van der Waals surface area contributed by atoms with Gasteiger partial charge in [-0.2, -0.15) is 0 Å². The third kappa shape index (κ3) is 4.11. The molecule has 0 aliphatic carbocycles. The Kier molecular flexibility index (Phi) is 6.40. The topological polar surface area (TPSA) is 119 Å². The molecule has 2 aliphatic rings. The highest BCUT2D eigenvalue weighted by Crippen LogP contribution is 2.35. The number of rotatable bonds is 5. The van der Waals surface area contributed by atoms with Crippen molar-refractivity contribution in [3.05, 3.63) is 50.4 Å². The normalized spacial score (nSPS) is 29.3. The van der Waals surface area contributed by atoms with Gasteiger partial charge in [0, 0.05) is 25.0 Å². The minimum atomic E-state index is -1.43. The average Bonchev–Trinajstić information content (AvgIpc) is 3.37. The number of benzene rings is 1. The lowest BCUT2D eigenvalue weighted by molar-refractivity contribution is -0.231. The van der Waals surface area contributed by atoms with Crippen LogP contribution in [0, 0.1) is 0 Å². The molecule has 30 heavy (non-hydrogen) atoms. The van der Waals surface area contributed by atoms with E-state index in [-0.39, 0.29) is 0 Å². The van der Waals surface area contributed by atoms with Gasteiger partial charge in [0.05, 0.1) is 12.3 Å². The van der Waals surface area contributed by atoms with Gasteiger partial charge in [-0.25, -0.2) is 0 Å². The van der Waals surface area contributed by atoms with Crippen LogP contribution >= 0.6 is 22.9 Å². The van der Waals surface area contributed by atoms with Gasteiger partial charge in [0.15, 0.2) is 5.01 Å². The SMILES string of the molecule is CN1CCC=C1c1nnc(Cc2cc([C@@H]3O[C@H](CO)[C@@H](O)[C@H](O)[C@H]3O)ccc2Cl)s1. The first-order chi connectivity index (χ1) is 14.4. The molecular weight excluding hydrogens is 430 g/mol. The molecule has 162 valence electrons. The summed E-state index contributed by atoms with van der Waals surface area (Å²) in [6, 6.07) is 5.18. The minimum Gasteiger partial charge on any atom is -0.394 e. The summed E-state index contributed by atoms with van der Waals surface area (Å²) in [5.41, 5.74) is 2.46. The molecule has 2 aromatic rings. The monoisotopic (exact) mass is 453 g/mol. The van der Waals surface area contributed by atoms with Crippen LogP contribution in [0.2, 0.25) is 5.02 Å². The summed E-state index contributed by atoms with van der Waals surface area (Å²) in [6.45, 7) is 0.497. The van der Waals surface area contributed by atoms with Gasteiger partial charge < -0.3 is 30.1 Å². The maximum Gasteiger partial charge on any atom is 0.163 e. The van der Waals surface area contributed by atoms with Gasteiger partial charge in [0.25, 0.3) is 0 Å². The summed E-state index contributed by atoms with van der Waals surface area (Å²) < 4.78 is 5.65. The molecule has 1 fully saturated rings. The van der Waals surface area contributed by atoms with Gasteiger partial charge in [-0.05, 0) is 23.6 Å². The molecule has 0 amide bonds. The second-order valence-electron chi connectivity index (χ2n) is 7.58. The van der Waals surface area contributed by atoms with E-state index in [1.165, 1.54) is 11.3 Å². The zero-order chi connectivity index (χ0) is 21.4. The van der Waals surface area contributed by atoms with Crippen LogP contribution in [0.1, 0.15) is 33.7 Å². The van der Waals surface area contributed by atoms with Crippen molar-refractivity contribution in [3.8, 4) is 0 Å². The third-order valence-corrected chi connectivity index (χ3v) is 6.85. The minimum absolute atomic E-state index is 0.457. The lowest BCUT2D eigenvalue weighted by atomic mass is 9.90. The predicted octanol–water partition coefficient (Wildman–Crippen LogP) is 0.974. The van der Waals surface area contributed by atoms with Crippen LogP contribution in [0.25, 0.3) is 5.70 Å². The van der Waals surface area contributed by atoms with E-state index >= 15 is 0 Å². The van der Waals surface area contributed by atoms with E-state index in [0.29, 0.717) is 17.0 Å². The Hall–Kier alpha value is -1.59. The van der Waals surface area contributed by atoms with E-state index in [9.17, 15) is 20.4 Å². The molecule has 0 spiro atoms. The van der Waals surface area contributed by atoms with Crippen LogP contribution in [-0.4, -0.2) is 80.1 Å². The fourth-order valence-electron chi connectivity index (χ4n) is 3.80. The molecule has 0 bridgehead atoms. The Morgan fingerprint density at radius 1 is 1.20 bits per heavy atom. The summed E-state index contributed by atoms with van der Waals surface area (Å²) in [5.74, 6) is 0. The van der Waals surface area contributed by atoms with Crippen LogP contribution in [0.15, 0.2) is 24.3 Å². The highest BCUT2D eigenvalue weighted by atomic mass is 35.5. The van der Waals surface area contributed by atoms with E-state index in [1.54, 1.807) is 18.2 Å². The summed E-state index contributed by atoms with van der Waals surface area (Å²) >= 11 is 7.90. The van der Waals surface area contributed by atoms with Gasteiger partial charge in [-0.1, -0.05) is 41.1 Å². The number of halogens is 1. The summed E-state index contributed by atoms with van der Waals surface area (Å²) in [7, 11) is 2.03. The maximum absolute atomic E-state index is 10.4. The molecule has 0 radical (unpaired) electrons. The number of ether oxygens (including phenoxy) is 1. The number of hydrogen-bond acceptors (Lipinski definition) is 9. The second kappa shape index (κ2) is 8.88. The van der Waals surface area contributed by atoms with Gasteiger partial charge in [-0.15, -0.1) is 10.2 Å². The molecule has 5 atom stereocenters. The van der Waals surface area contributed by atoms with E-state index in [1.807, 2.05) is 7.05 Å². The van der Waals surface area contributed by atoms with Crippen LogP contribution < -0.4 is 0 Å². The summed E-state index contributed by atoms with van der Waals surface area (Å²) in [5, 5.41) is 50.7. The van der Waals surface area contributed by atoms with E-state index < -0.39 is 37.1 Å². The van der Waals surface area contributed by atoms with Crippen molar-refractivity contribution in [2.24, 2.45) is 0 Å². The smallest absolute Gasteiger partial charge is 0.163 e. The van der Waals surface area contributed by atoms with E-state index in [4.69, 9.17) is 16.3 Å². The lowest BCUT2D eigenvalue weighted by Gasteiger charge is -2.40. The second-order valence-corrected chi connectivity index (χ2v) is 9.05. The first-order valence-electron chi connectivity index (χ1n) is 9.72.